The van der Waals surface area contributed by atoms with Crippen molar-refractivity contribution in [2.45, 2.75) is 6.42 Å². The number of nitro benzene ring substituents is 1. The van der Waals surface area contributed by atoms with E-state index in [1.807, 2.05) is 0 Å². The van der Waals surface area contributed by atoms with Crippen molar-refractivity contribution in [3.63, 3.8) is 0 Å². The second kappa shape index (κ2) is 5.31. The average molecular weight is 321 g/mol. The number of nitrogens with zero attached hydrogens (tertiary/aromatic N) is 2. The molecular weight excluding hydrogens is 310 g/mol. The summed E-state index contributed by atoms with van der Waals surface area (Å²) >= 11 is 0. The van der Waals surface area contributed by atoms with Crippen LogP contribution in [0.2, 0.25) is 0 Å². The van der Waals surface area contributed by atoms with Crippen molar-refractivity contribution in [3.8, 4) is 0 Å². The number of benzene rings is 2. The van der Waals surface area contributed by atoms with Crippen LogP contribution in [0.15, 0.2) is 58.0 Å². The third-order valence-corrected chi connectivity index (χ3v) is 3.90. The molecule has 0 fully saturated rings. The van der Waals surface area contributed by atoms with E-state index in [0.29, 0.717) is 28.8 Å². The molecule has 0 aliphatic rings. The summed E-state index contributed by atoms with van der Waals surface area (Å²) in [6.07, 6.45) is 3.69. The van der Waals surface area contributed by atoms with Gasteiger partial charge in [-0.3, -0.25) is 14.9 Å². The molecule has 0 bridgehead atoms. The maximum Gasteiger partial charge on any atom is 0.284 e. The monoisotopic (exact) mass is 321 g/mol. The maximum atomic E-state index is 12.8. The lowest BCUT2D eigenvalue weighted by atomic mass is 10.0. The van der Waals surface area contributed by atoms with Crippen LogP contribution in [-0.4, -0.2) is 14.9 Å². The number of nitrogens with one attached hydrogen (secondary N) is 1. The molecule has 2 heterocycles. The molecule has 2 aromatic carbocycles. The van der Waals surface area contributed by atoms with Gasteiger partial charge in [-0.25, -0.2) is 4.98 Å². The predicted molar refractivity (Wildman–Crippen MR) is 88.0 cm³/mol. The second-order valence-corrected chi connectivity index (χ2v) is 5.35. The van der Waals surface area contributed by atoms with Gasteiger partial charge in [0.25, 0.3) is 5.69 Å². The number of nitro groups is 1. The van der Waals surface area contributed by atoms with E-state index in [-0.39, 0.29) is 16.7 Å². The first kappa shape index (κ1) is 14.1. The van der Waals surface area contributed by atoms with Gasteiger partial charge in [-0.2, -0.15) is 0 Å². The highest BCUT2D eigenvalue weighted by Crippen LogP contribution is 2.29. The van der Waals surface area contributed by atoms with Crippen molar-refractivity contribution in [2.75, 3.05) is 0 Å². The highest BCUT2D eigenvalue weighted by Gasteiger charge is 2.21. The van der Waals surface area contributed by atoms with Gasteiger partial charge in [0, 0.05) is 30.4 Å². The minimum atomic E-state index is -0.565. The Balaban J connectivity index is 2.10. The topological polar surface area (TPSA) is 102 Å². The largest absolute Gasteiger partial charge is 0.455 e. The number of imidazole rings is 1. The molecule has 4 rings (SSSR count). The first-order valence-corrected chi connectivity index (χ1v) is 7.25. The molecule has 0 unspecified atom stereocenters. The standard InChI is InChI=1S/C17H11N3O4/c21-16-11-3-1-2-4-13(11)24-17-10(9-14-18-7-8-19-14)5-6-12(15(16)17)20(22)23/h1-8H,9H2,(H,18,19). The lowest BCUT2D eigenvalue weighted by molar-refractivity contribution is -0.383. The Hall–Kier alpha value is -3.48. The number of para-hydroxylation sites is 1. The highest BCUT2D eigenvalue weighted by atomic mass is 16.6. The minimum Gasteiger partial charge on any atom is -0.455 e. The minimum absolute atomic E-state index is 0.0113. The van der Waals surface area contributed by atoms with E-state index in [0.717, 1.165) is 0 Å². The normalized spacial score (nSPS) is 11.2. The zero-order chi connectivity index (χ0) is 16.7. The molecule has 2 aromatic heterocycles. The van der Waals surface area contributed by atoms with Crippen LogP contribution >= 0.6 is 0 Å². The van der Waals surface area contributed by atoms with Gasteiger partial charge in [-0.15, -0.1) is 0 Å². The Bertz CT molecular complexity index is 1130. The molecule has 0 atom stereocenters. The Labute approximate surface area is 134 Å². The number of hydrogen-bond acceptors (Lipinski definition) is 5. The Morgan fingerprint density at radius 2 is 2.04 bits per heavy atom. The Morgan fingerprint density at radius 1 is 1.21 bits per heavy atom. The van der Waals surface area contributed by atoms with Crippen LogP contribution in [0, 0.1) is 10.1 Å². The predicted octanol–water partition coefficient (Wildman–Crippen LogP) is 3.17. The number of rotatable bonds is 3. The van der Waals surface area contributed by atoms with Crippen molar-refractivity contribution in [2.24, 2.45) is 0 Å². The lowest BCUT2D eigenvalue weighted by Crippen LogP contribution is -2.07. The average Bonchev–Trinajstić information content (AvgIpc) is 3.08. The second-order valence-electron chi connectivity index (χ2n) is 5.35. The first-order chi connectivity index (χ1) is 11.6. The summed E-state index contributed by atoms with van der Waals surface area (Å²) in [5.41, 5.74) is 0.626. The number of non-ortho nitro benzene ring substituents is 1. The molecule has 0 spiro atoms. The number of aromatic amines is 1. The quantitative estimate of drug-likeness (QED) is 0.355. The van der Waals surface area contributed by atoms with Crippen LogP contribution in [0.25, 0.3) is 21.9 Å². The molecule has 0 saturated carbocycles. The van der Waals surface area contributed by atoms with E-state index in [1.165, 1.54) is 6.07 Å². The van der Waals surface area contributed by atoms with Crippen molar-refractivity contribution in [1.82, 2.24) is 9.97 Å². The van der Waals surface area contributed by atoms with Gasteiger partial charge >= 0.3 is 0 Å². The van der Waals surface area contributed by atoms with Crippen molar-refractivity contribution in [1.29, 1.82) is 0 Å². The fraction of sp³-hybridized carbons (Fsp3) is 0.0588. The van der Waals surface area contributed by atoms with Crippen LogP contribution < -0.4 is 5.43 Å². The SMILES string of the molecule is O=c1c2ccccc2oc2c(Cc3ncc[nH]3)ccc([N+](=O)[O-])c12. The number of fused-ring (bicyclic) bond motifs is 2. The molecule has 0 radical (unpaired) electrons. The van der Waals surface area contributed by atoms with Gasteiger partial charge in [0.2, 0.25) is 5.43 Å². The van der Waals surface area contributed by atoms with E-state index in [4.69, 9.17) is 4.42 Å². The van der Waals surface area contributed by atoms with Crippen molar-refractivity contribution < 1.29 is 9.34 Å². The summed E-state index contributed by atoms with van der Waals surface area (Å²) in [4.78, 5) is 30.7. The van der Waals surface area contributed by atoms with Crippen LogP contribution in [0.5, 0.6) is 0 Å². The third-order valence-electron chi connectivity index (χ3n) is 3.90. The van der Waals surface area contributed by atoms with Gasteiger partial charge in [0.05, 0.1) is 10.3 Å². The van der Waals surface area contributed by atoms with Crippen LogP contribution in [-0.2, 0) is 6.42 Å². The zero-order valence-corrected chi connectivity index (χ0v) is 12.4. The van der Waals surface area contributed by atoms with Crippen molar-refractivity contribution in [3.05, 3.63) is 80.5 Å². The Kier molecular flexibility index (Phi) is 3.13. The summed E-state index contributed by atoms with van der Waals surface area (Å²) in [5, 5.41) is 11.6. The van der Waals surface area contributed by atoms with E-state index in [9.17, 15) is 14.9 Å². The third kappa shape index (κ3) is 2.14. The summed E-state index contributed by atoms with van der Waals surface area (Å²) in [7, 11) is 0. The van der Waals surface area contributed by atoms with Gasteiger partial charge in [-0.05, 0) is 18.2 Å². The fourth-order valence-corrected chi connectivity index (χ4v) is 2.81. The smallest absolute Gasteiger partial charge is 0.284 e. The molecular formula is C17H11N3O4. The summed E-state index contributed by atoms with van der Waals surface area (Å²) in [6, 6.07) is 9.66. The zero-order valence-electron chi connectivity index (χ0n) is 12.4. The fourth-order valence-electron chi connectivity index (χ4n) is 2.81. The molecule has 4 aromatic rings. The van der Waals surface area contributed by atoms with E-state index >= 15 is 0 Å². The van der Waals surface area contributed by atoms with Crippen molar-refractivity contribution >= 4 is 27.6 Å². The summed E-state index contributed by atoms with van der Waals surface area (Å²) < 4.78 is 5.85. The number of hydrogen-bond donors (Lipinski definition) is 1. The summed E-state index contributed by atoms with van der Waals surface area (Å²) in [5.74, 6) is 0.681. The van der Waals surface area contributed by atoms with Crippen LogP contribution in [0.1, 0.15) is 11.4 Å². The first-order valence-electron chi connectivity index (χ1n) is 7.25. The number of aromatic nitrogens is 2. The van der Waals surface area contributed by atoms with Crippen LogP contribution in [0.4, 0.5) is 5.69 Å². The van der Waals surface area contributed by atoms with Crippen LogP contribution in [0.3, 0.4) is 0 Å². The molecule has 0 saturated heterocycles. The molecule has 0 amide bonds. The Morgan fingerprint density at radius 3 is 2.79 bits per heavy atom. The van der Waals surface area contributed by atoms with E-state index < -0.39 is 10.4 Å². The summed E-state index contributed by atoms with van der Waals surface area (Å²) in [6.45, 7) is 0. The molecule has 0 aliphatic carbocycles. The van der Waals surface area contributed by atoms with Gasteiger partial charge in [0.15, 0.2) is 0 Å². The maximum absolute atomic E-state index is 12.8. The molecule has 0 aliphatic heterocycles. The van der Waals surface area contributed by atoms with Gasteiger partial charge < -0.3 is 9.40 Å². The molecule has 1 N–H and O–H groups in total. The molecule has 24 heavy (non-hydrogen) atoms. The van der Waals surface area contributed by atoms with Gasteiger partial charge in [-0.1, -0.05) is 12.1 Å². The highest BCUT2D eigenvalue weighted by molar-refractivity contribution is 5.96. The molecule has 7 heteroatoms. The molecule has 7 nitrogen and oxygen atoms in total. The van der Waals surface area contributed by atoms with E-state index in [2.05, 4.69) is 9.97 Å². The van der Waals surface area contributed by atoms with E-state index in [1.54, 1.807) is 42.7 Å². The van der Waals surface area contributed by atoms with Gasteiger partial charge in [0.1, 0.15) is 22.4 Å². The molecule has 118 valence electrons. The number of H-pyrrole nitrogens is 1. The lowest BCUT2D eigenvalue weighted by Gasteiger charge is -2.07.